The molecule has 4 unspecified atom stereocenters. The molecule has 19 heavy (non-hydrogen) atoms. The van der Waals surface area contributed by atoms with Crippen LogP contribution in [0.4, 0.5) is 0 Å². The van der Waals surface area contributed by atoms with Crippen molar-refractivity contribution < 1.29 is 0 Å². The average Bonchev–Trinajstić information content (AvgIpc) is 2.42. The summed E-state index contributed by atoms with van der Waals surface area (Å²) < 4.78 is 0. The van der Waals surface area contributed by atoms with Gasteiger partial charge in [-0.1, -0.05) is 38.2 Å². The molecule has 2 saturated carbocycles. The van der Waals surface area contributed by atoms with Crippen molar-refractivity contribution in [2.75, 3.05) is 6.54 Å². The first-order valence-corrected chi connectivity index (χ1v) is 8.58. The van der Waals surface area contributed by atoms with E-state index in [9.17, 15) is 0 Å². The molecular formula is C18H33N. The molecule has 0 amide bonds. The third-order valence-corrected chi connectivity index (χ3v) is 5.50. The molecule has 0 heterocycles. The van der Waals surface area contributed by atoms with E-state index >= 15 is 0 Å². The molecule has 0 radical (unpaired) electrons. The predicted octanol–water partition coefficient (Wildman–Crippen LogP) is 4.93. The summed E-state index contributed by atoms with van der Waals surface area (Å²) in [6.45, 7) is 9.60. The Bertz CT molecular complexity index is 283. The fourth-order valence-electron chi connectivity index (χ4n) is 4.44. The second-order valence-corrected chi connectivity index (χ2v) is 7.04. The fourth-order valence-corrected chi connectivity index (χ4v) is 4.44. The van der Waals surface area contributed by atoms with Gasteiger partial charge in [-0.15, -0.1) is 6.58 Å². The minimum atomic E-state index is 0.740. The molecule has 1 N–H and O–H groups in total. The molecule has 0 aromatic heterocycles. The van der Waals surface area contributed by atoms with Gasteiger partial charge in [0, 0.05) is 6.04 Å². The molecule has 0 aromatic rings. The number of nitrogens with one attached hydrogen (secondary N) is 1. The zero-order valence-corrected chi connectivity index (χ0v) is 13.1. The Kier molecular flexibility index (Phi) is 5.94. The topological polar surface area (TPSA) is 12.0 Å². The molecule has 2 fully saturated rings. The van der Waals surface area contributed by atoms with Gasteiger partial charge in [0.25, 0.3) is 0 Å². The van der Waals surface area contributed by atoms with E-state index in [4.69, 9.17) is 0 Å². The molecule has 1 heteroatoms. The SMILES string of the molecule is C=C(C)CCC(NCC)C1CCC2CCCCC2C1. The highest BCUT2D eigenvalue weighted by molar-refractivity contribution is 4.93. The van der Waals surface area contributed by atoms with Crippen LogP contribution >= 0.6 is 0 Å². The van der Waals surface area contributed by atoms with E-state index in [1.807, 2.05) is 0 Å². The van der Waals surface area contributed by atoms with Gasteiger partial charge in [-0.05, 0) is 63.3 Å². The normalized spacial score (nSPS) is 32.6. The van der Waals surface area contributed by atoms with Crippen molar-refractivity contribution in [1.29, 1.82) is 0 Å². The van der Waals surface area contributed by atoms with Crippen LogP contribution in [0.3, 0.4) is 0 Å². The summed E-state index contributed by atoms with van der Waals surface area (Å²) in [6, 6.07) is 0.740. The lowest BCUT2D eigenvalue weighted by atomic mass is 9.65. The molecular weight excluding hydrogens is 230 g/mol. The number of hydrogen-bond acceptors (Lipinski definition) is 1. The Balaban J connectivity index is 1.88. The molecule has 0 saturated heterocycles. The van der Waals surface area contributed by atoms with Gasteiger partial charge in [0.2, 0.25) is 0 Å². The monoisotopic (exact) mass is 263 g/mol. The van der Waals surface area contributed by atoms with Gasteiger partial charge in [0.05, 0.1) is 0 Å². The minimum absolute atomic E-state index is 0.740. The Morgan fingerprint density at radius 1 is 1.16 bits per heavy atom. The molecule has 0 aliphatic heterocycles. The van der Waals surface area contributed by atoms with E-state index < -0.39 is 0 Å². The summed E-state index contributed by atoms with van der Waals surface area (Å²) in [5.41, 5.74) is 1.34. The zero-order valence-electron chi connectivity index (χ0n) is 13.1. The third-order valence-electron chi connectivity index (χ3n) is 5.50. The lowest BCUT2D eigenvalue weighted by molar-refractivity contribution is 0.107. The molecule has 1 nitrogen and oxygen atoms in total. The van der Waals surface area contributed by atoms with Crippen LogP contribution in [0.15, 0.2) is 12.2 Å². The quantitative estimate of drug-likeness (QED) is 0.670. The van der Waals surface area contributed by atoms with E-state index in [1.165, 1.54) is 63.4 Å². The molecule has 2 rings (SSSR count). The Morgan fingerprint density at radius 2 is 1.89 bits per heavy atom. The average molecular weight is 263 g/mol. The van der Waals surface area contributed by atoms with Crippen molar-refractivity contribution in [2.24, 2.45) is 17.8 Å². The molecule has 0 bridgehead atoms. The largest absolute Gasteiger partial charge is 0.314 e. The van der Waals surface area contributed by atoms with Gasteiger partial charge in [0.1, 0.15) is 0 Å². The molecule has 0 spiro atoms. The van der Waals surface area contributed by atoms with Crippen LogP contribution in [0.25, 0.3) is 0 Å². The number of hydrogen-bond donors (Lipinski definition) is 1. The second-order valence-electron chi connectivity index (χ2n) is 7.04. The lowest BCUT2D eigenvalue weighted by Gasteiger charge is -2.42. The van der Waals surface area contributed by atoms with Gasteiger partial charge in [-0.25, -0.2) is 0 Å². The highest BCUT2D eigenvalue weighted by Gasteiger charge is 2.34. The van der Waals surface area contributed by atoms with Crippen molar-refractivity contribution in [3.8, 4) is 0 Å². The van der Waals surface area contributed by atoms with Gasteiger partial charge in [-0.3, -0.25) is 0 Å². The smallest absolute Gasteiger partial charge is 0.00983 e. The highest BCUT2D eigenvalue weighted by Crippen LogP contribution is 2.44. The van der Waals surface area contributed by atoms with Crippen LogP contribution in [-0.2, 0) is 0 Å². The summed E-state index contributed by atoms with van der Waals surface area (Å²) in [6.07, 6.45) is 13.0. The summed E-state index contributed by atoms with van der Waals surface area (Å²) in [7, 11) is 0. The van der Waals surface area contributed by atoms with Gasteiger partial charge < -0.3 is 5.32 Å². The molecule has 0 aromatic carbocycles. The highest BCUT2D eigenvalue weighted by atomic mass is 14.9. The lowest BCUT2D eigenvalue weighted by Crippen LogP contribution is -2.41. The summed E-state index contributed by atoms with van der Waals surface area (Å²) >= 11 is 0. The van der Waals surface area contributed by atoms with E-state index in [2.05, 4.69) is 25.7 Å². The molecule has 110 valence electrons. The number of allylic oxidation sites excluding steroid dienone is 1. The van der Waals surface area contributed by atoms with Crippen molar-refractivity contribution in [3.05, 3.63) is 12.2 Å². The van der Waals surface area contributed by atoms with Crippen LogP contribution in [0.1, 0.15) is 71.6 Å². The van der Waals surface area contributed by atoms with E-state index in [0.29, 0.717) is 0 Å². The summed E-state index contributed by atoms with van der Waals surface area (Å²) in [5.74, 6) is 3.06. The number of fused-ring (bicyclic) bond motifs is 1. The zero-order chi connectivity index (χ0) is 13.7. The Hall–Kier alpha value is -0.300. The van der Waals surface area contributed by atoms with Crippen molar-refractivity contribution >= 4 is 0 Å². The second kappa shape index (κ2) is 7.47. The van der Waals surface area contributed by atoms with Crippen molar-refractivity contribution in [1.82, 2.24) is 5.32 Å². The molecule has 2 aliphatic rings. The van der Waals surface area contributed by atoms with Crippen LogP contribution < -0.4 is 5.32 Å². The summed E-state index contributed by atoms with van der Waals surface area (Å²) in [4.78, 5) is 0. The minimum Gasteiger partial charge on any atom is -0.314 e. The van der Waals surface area contributed by atoms with Crippen LogP contribution in [0.2, 0.25) is 0 Å². The van der Waals surface area contributed by atoms with Gasteiger partial charge in [-0.2, -0.15) is 0 Å². The van der Waals surface area contributed by atoms with Crippen molar-refractivity contribution in [3.63, 3.8) is 0 Å². The van der Waals surface area contributed by atoms with Crippen molar-refractivity contribution in [2.45, 2.75) is 77.7 Å². The maximum atomic E-state index is 4.07. The first-order chi connectivity index (χ1) is 9.20. The third kappa shape index (κ3) is 4.34. The van der Waals surface area contributed by atoms with E-state index in [-0.39, 0.29) is 0 Å². The Labute approximate surface area is 120 Å². The van der Waals surface area contributed by atoms with Gasteiger partial charge >= 0.3 is 0 Å². The van der Waals surface area contributed by atoms with Gasteiger partial charge in [0.15, 0.2) is 0 Å². The van der Waals surface area contributed by atoms with Crippen LogP contribution in [0.5, 0.6) is 0 Å². The maximum absolute atomic E-state index is 4.07. The van der Waals surface area contributed by atoms with Crippen LogP contribution in [0, 0.1) is 17.8 Å². The Morgan fingerprint density at radius 3 is 2.58 bits per heavy atom. The number of rotatable bonds is 6. The summed E-state index contributed by atoms with van der Waals surface area (Å²) in [5, 5.41) is 3.76. The van der Waals surface area contributed by atoms with E-state index in [1.54, 1.807) is 0 Å². The molecule has 2 aliphatic carbocycles. The fraction of sp³-hybridized carbons (Fsp3) is 0.889. The first-order valence-electron chi connectivity index (χ1n) is 8.58. The first kappa shape index (κ1) is 15.1. The standard InChI is InChI=1S/C18H33N/c1-4-19-18(12-9-14(2)3)17-11-10-15-7-5-6-8-16(15)13-17/h15-19H,2,4-13H2,1,3H3. The molecule has 4 atom stereocenters. The maximum Gasteiger partial charge on any atom is 0.00983 e. The van der Waals surface area contributed by atoms with E-state index in [0.717, 1.165) is 30.3 Å². The predicted molar refractivity (Wildman–Crippen MR) is 84.3 cm³/mol. The van der Waals surface area contributed by atoms with Crippen LogP contribution in [-0.4, -0.2) is 12.6 Å².